The quantitative estimate of drug-likeness (QED) is 0.847. The molecule has 1 unspecified atom stereocenters. The van der Waals surface area contributed by atoms with Gasteiger partial charge in [0.05, 0.1) is 12.6 Å². The van der Waals surface area contributed by atoms with Crippen molar-refractivity contribution in [3.05, 3.63) is 65.2 Å². The second kappa shape index (κ2) is 5.66. The van der Waals surface area contributed by atoms with Crippen LogP contribution in [0, 0.1) is 0 Å². The third kappa shape index (κ3) is 2.35. The van der Waals surface area contributed by atoms with Gasteiger partial charge in [0.1, 0.15) is 5.75 Å². The van der Waals surface area contributed by atoms with E-state index in [0.717, 1.165) is 31.9 Å². The fraction of sp³-hybridized carbons (Fsp3) is 0.400. The van der Waals surface area contributed by atoms with Gasteiger partial charge >= 0.3 is 0 Å². The fourth-order valence-electron chi connectivity index (χ4n) is 4.28. The molecule has 0 amide bonds. The molecule has 23 heavy (non-hydrogen) atoms. The van der Waals surface area contributed by atoms with Gasteiger partial charge in [-0.2, -0.15) is 0 Å². The molecule has 2 aliphatic heterocycles. The van der Waals surface area contributed by atoms with E-state index in [-0.39, 0.29) is 5.54 Å². The van der Waals surface area contributed by atoms with Gasteiger partial charge in [-0.3, -0.25) is 9.80 Å². The van der Waals surface area contributed by atoms with Crippen LogP contribution in [-0.4, -0.2) is 37.0 Å². The number of likely N-dealkylation sites (N-methyl/N-ethyl adjacent to an activating group) is 1. The Kier molecular flexibility index (Phi) is 3.63. The van der Waals surface area contributed by atoms with E-state index in [1.165, 1.54) is 23.1 Å². The van der Waals surface area contributed by atoms with Gasteiger partial charge in [-0.1, -0.05) is 42.5 Å². The van der Waals surface area contributed by atoms with Gasteiger partial charge in [0, 0.05) is 31.7 Å². The lowest BCUT2D eigenvalue weighted by Crippen LogP contribution is -2.46. The van der Waals surface area contributed by atoms with Crippen molar-refractivity contribution in [2.24, 2.45) is 0 Å². The molecule has 0 saturated carbocycles. The summed E-state index contributed by atoms with van der Waals surface area (Å²) in [5, 5.41) is 0. The van der Waals surface area contributed by atoms with Crippen LogP contribution in [0.4, 0.5) is 0 Å². The molecule has 2 aromatic carbocycles. The first-order valence-electron chi connectivity index (χ1n) is 8.37. The minimum absolute atomic E-state index is 0.111. The number of benzene rings is 2. The smallest absolute Gasteiger partial charge is 0.123 e. The van der Waals surface area contributed by atoms with Crippen molar-refractivity contribution in [1.82, 2.24) is 9.80 Å². The zero-order valence-electron chi connectivity index (χ0n) is 14.0. The number of methoxy groups -OCH3 is 1. The zero-order chi connectivity index (χ0) is 15.9. The lowest BCUT2D eigenvalue weighted by atomic mass is 9.86. The minimum atomic E-state index is 0.111. The van der Waals surface area contributed by atoms with Gasteiger partial charge in [-0.05, 0) is 30.7 Å². The predicted octanol–water partition coefficient (Wildman–Crippen LogP) is 3.24. The molecular formula is C20H24N2O. The first-order chi connectivity index (χ1) is 11.2. The van der Waals surface area contributed by atoms with E-state index in [4.69, 9.17) is 4.74 Å². The highest BCUT2D eigenvalue weighted by Crippen LogP contribution is 2.41. The molecule has 0 aliphatic carbocycles. The molecule has 4 rings (SSSR count). The van der Waals surface area contributed by atoms with Gasteiger partial charge in [0.15, 0.2) is 0 Å². The third-order valence-electron chi connectivity index (χ3n) is 5.61. The highest BCUT2D eigenvalue weighted by Gasteiger charge is 2.44. The van der Waals surface area contributed by atoms with Crippen LogP contribution in [0.25, 0.3) is 0 Å². The maximum atomic E-state index is 5.64. The van der Waals surface area contributed by atoms with Crippen molar-refractivity contribution in [3.63, 3.8) is 0 Å². The number of fused-ring (bicyclic) bond motifs is 3. The Labute approximate surface area is 138 Å². The Hall–Kier alpha value is -1.84. The summed E-state index contributed by atoms with van der Waals surface area (Å²) in [5.74, 6) is 1.01. The molecule has 120 valence electrons. The summed E-state index contributed by atoms with van der Waals surface area (Å²) < 4.78 is 5.64. The molecule has 2 aliphatic rings. The molecule has 0 radical (unpaired) electrons. The zero-order valence-corrected chi connectivity index (χ0v) is 14.0. The lowest BCUT2D eigenvalue weighted by molar-refractivity contribution is 0.104. The average Bonchev–Trinajstić information content (AvgIpc) is 3.03. The average molecular weight is 308 g/mol. The summed E-state index contributed by atoms with van der Waals surface area (Å²) in [6, 6.07) is 17.4. The number of ether oxygens (including phenoxy) is 1. The summed E-state index contributed by atoms with van der Waals surface area (Å²) in [7, 11) is 4.04. The first-order valence-corrected chi connectivity index (χ1v) is 8.37. The largest absolute Gasteiger partial charge is 0.496 e. The summed E-state index contributed by atoms with van der Waals surface area (Å²) in [4.78, 5) is 5.11. The highest BCUT2D eigenvalue weighted by molar-refractivity contribution is 5.42. The number of hydrogen-bond donors (Lipinski definition) is 0. The van der Waals surface area contributed by atoms with Crippen molar-refractivity contribution in [2.75, 3.05) is 27.2 Å². The predicted molar refractivity (Wildman–Crippen MR) is 92.5 cm³/mol. The second-order valence-corrected chi connectivity index (χ2v) is 6.81. The topological polar surface area (TPSA) is 15.7 Å². The Morgan fingerprint density at radius 2 is 1.83 bits per heavy atom. The SMILES string of the molecule is COc1cccc2c1CN(C)[C@@]1(c3ccccc3)CCN(C2)C1. The molecule has 1 saturated heterocycles. The molecule has 2 heterocycles. The molecule has 1 fully saturated rings. The van der Waals surface area contributed by atoms with Crippen LogP contribution in [-0.2, 0) is 18.6 Å². The molecular weight excluding hydrogens is 284 g/mol. The summed E-state index contributed by atoms with van der Waals surface area (Å²) in [6.07, 6.45) is 1.18. The molecule has 3 heteroatoms. The fourth-order valence-corrected chi connectivity index (χ4v) is 4.28. The van der Waals surface area contributed by atoms with E-state index in [1.807, 2.05) is 0 Å². The van der Waals surface area contributed by atoms with Crippen LogP contribution >= 0.6 is 0 Å². The van der Waals surface area contributed by atoms with Crippen LogP contribution in [0.1, 0.15) is 23.1 Å². The van der Waals surface area contributed by atoms with E-state index in [2.05, 4.69) is 65.4 Å². The van der Waals surface area contributed by atoms with Gasteiger partial charge in [0.25, 0.3) is 0 Å². The molecule has 0 aromatic heterocycles. The standard InChI is InChI=1S/C20H24N2O/c1-21-14-18-16(7-6-10-19(18)23-2)13-22-12-11-20(21,15-22)17-8-4-3-5-9-17/h3-10H,11-15H2,1-2H3/t20-/m0/s1. The summed E-state index contributed by atoms with van der Waals surface area (Å²) >= 11 is 0. The van der Waals surface area contributed by atoms with Crippen LogP contribution in [0.15, 0.2) is 48.5 Å². The van der Waals surface area contributed by atoms with Gasteiger partial charge in [-0.15, -0.1) is 0 Å². The first kappa shape index (κ1) is 14.7. The number of nitrogens with zero attached hydrogens (tertiary/aromatic N) is 2. The van der Waals surface area contributed by atoms with Crippen molar-refractivity contribution in [1.29, 1.82) is 0 Å². The van der Waals surface area contributed by atoms with E-state index in [9.17, 15) is 0 Å². The maximum Gasteiger partial charge on any atom is 0.123 e. The van der Waals surface area contributed by atoms with Gasteiger partial charge in [-0.25, -0.2) is 0 Å². The molecule has 0 N–H and O–H groups in total. The Bertz CT molecular complexity index is 700. The van der Waals surface area contributed by atoms with Crippen molar-refractivity contribution >= 4 is 0 Å². The van der Waals surface area contributed by atoms with Crippen molar-refractivity contribution in [2.45, 2.75) is 25.0 Å². The van der Waals surface area contributed by atoms with Crippen LogP contribution < -0.4 is 4.74 Å². The molecule has 2 atom stereocenters. The lowest BCUT2D eigenvalue weighted by Gasteiger charge is -2.41. The van der Waals surface area contributed by atoms with Crippen LogP contribution in [0.3, 0.4) is 0 Å². The molecule has 0 spiro atoms. The van der Waals surface area contributed by atoms with E-state index >= 15 is 0 Å². The van der Waals surface area contributed by atoms with E-state index in [0.29, 0.717) is 0 Å². The number of hydrogen-bond acceptors (Lipinski definition) is 3. The maximum absolute atomic E-state index is 5.64. The molecule has 3 nitrogen and oxygen atoms in total. The van der Waals surface area contributed by atoms with E-state index < -0.39 is 0 Å². The van der Waals surface area contributed by atoms with Crippen LogP contribution in [0.5, 0.6) is 5.75 Å². The summed E-state index contributed by atoms with van der Waals surface area (Å²) in [6.45, 7) is 4.21. The third-order valence-corrected chi connectivity index (χ3v) is 5.61. The van der Waals surface area contributed by atoms with Crippen LogP contribution in [0.2, 0.25) is 0 Å². The van der Waals surface area contributed by atoms with Crippen molar-refractivity contribution < 1.29 is 4.74 Å². The van der Waals surface area contributed by atoms with Crippen molar-refractivity contribution in [3.8, 4) is 5.75 Å². The van der Waals surface area contributed by atoms with Gasteiger partial charge < -0.3 is 4.74 Å². The monoisotopic (exact) mass is 308 g/mol. The minimum Gasteiger partial charge on any atom is -0.496 e. The molecule has 2 aromatic rings. The normalized spacial score (nSPS) is 27.1. The van der Waals surface area contributed by atoms with E-state index in [1.54, 1.807) is 7.11 Å². The summed E-state index contributed by atoms with van der Waals surface area (Å²) in [5.41, 5.74) is 4.28. The number of rotatable bonds is 2. The second-order valence-electron chi connectivity index (χ2n) is 6.81. The van der Waals surface area contributed by atoms with Gasteiger partial charge in [0.2, 0.25) is 0 Å². The Morgan fingerprint density at radius 3 is 2.61 bits per heavy atom. The molecule has 2 bridgehead atoms. The highest BCUT2D eigenvalue weighted by atomic mass is 16.5. The Balaban J connectivity index is 1.80. The Morgan fingerprint density at radius 1 is 1.00 bits per heavy atom.